The lowest BCUT2D eigenvalue weighted by atomic mass is 10.1. The molecule has 1 aromatic carbocycles. The molecule has 0 atom stereocenters. The summed E-state index contributed by atoms with van der Waals surface area (Å²) in [6.45, 7) is 5.20. The predicted molar refractivity (Wildman–Crippen MR) is 112 cm³/mol. The molecule has 0 aliphatic carbocycles. The van der Waals surface area contributed by atoms with E-state index in [4.69, 9.17) is 0 Å². The summed E-state index contributed by atoms with van der Waals surface area (Å²) in [5.74, 6) is -0.0164. The number of nitrogens with one attached hydrogen (secondary N) is 1. The maximum atomic E-state index is 12.9. The standard InChI is InChI=1S/C22H25N5O3/c1-16-14-17(5-6-19(16)27-9-8-24-22(27)30)21(29)26-12-10-25(11-13-26)20(28)15-18-4-2-3-7-23-18/h2-7,14H,8-13,15H2,1H3,(H,24,30). The van der Waals surface area contributed by atoms with Gasteiger partial charge in [0.2, 0.25) is 5.91 Å². The average Bonchev–Trinajstić information content (AvgIpc) is 3.19. The lowest BCUT2D eigenvalue weighted by molar-refractivity contribution is -0.132. The van der Waals surface area contributed by atoms with E-state index in [-0.39, 0.29) is 24.3 Å². The molecule has 8 heteroatoms. The van der Waals surface area contributed by atoms with Crippen LogP contribution in [-0.4, -0.2) is 71.9 Å². The van der Waals surface area contributed by atoms with Crippen molar-refractivity contribution in [2.45, 2.75) is 13.3 Å². The van der Waals surface area contributed by atoms with E-state index in [1.54, 1.807) is 27.0 Å². The molecule has 156 valence electrons. The van der Waals surface area contributed by atoms with E-state index >= 15 is 0 Å². The summed E-state index contributed by atoms with van der Waals surface area (Å²) in [7, 11) is 0. The molecule has 0 saturated carbocycles. The Morgan fingerprint density at radius 3 is 2.43 bits per heavy atom. The largest absolute Gasteiger partial charge is 0.339 e. The molecule has 3 heterocycles. The summed E-state index contributed by atoms with van der Waals surface area (Å²) in [5.41, 5.74) is 3.07. The van der Waals surface area contributed by atoms with E-state index in [9.17, 15) is 14.4 Å². The van der Waals surface area contributed by atoms with Crippen molar-refractivity contribution in [1.82, 2.24) is 20.1 Å². The molecule has 0 spiro atoms. The number of hydrogen-bond acceptors (Lipinski definition) is 4. The minimum atomic E-state index is -0.108. The van der Waals surface area contributed by atoms with Crippen LogP contribution < -0.4 is 10.2 Å². The smallest absolute Gasteiger partial charge is 0.322 e. The lowest BCUT2D eigenvalue weighted by Crippen LogP contribution is -2.51. The van der Waals surface area contributed by atoms with Crippen LogP contribution in [0.3, 0.4) is 0 Å². The zero-order chi connectivity index (χ0) is 21.1. The Labute approximate surface area is 175 Å². The van der Waals surface area contributed by atoms with Gasteiger partial charge in [-0.1, -0.05) is 6.07 Å². The molecule has 2 aliphatic rings. The normalized spacial score (nSPS) is 16.6. The number of pyridine rings is 1. The Hall–Kier alpha value is -3.42. The number of aryl methyl sites for hydroxylation is 1. The first-order valence-electron chi connectivity index (χ1n) is 10.2. The molecule has 0 unspecified atom stereocenters. The maximum absolute atomic E-state index is 12.9. The minimum Gasteiger partial charge on any atom is -0.339 e. The van der Waals surface area contributed by atoms with Crippen molar-refractivity contribution in [3.63, 3.8) is 0 Å². The number of carbonyl (C=O) groups excluding carboxylic acids is 3. The summed E-state index contributed by atoms with van der Waals surface area (Å²) in [4.78, 5) is 46.8. The number of amides is 4. The van der Waals surface area contributed by atoms with Crippen molar-refractivity contribution in [2.24, 2.45) is 0 Å². The van der Waals surface area contributed by atoms with Crippen LogP contribution >= 0.6 is 0 Å². The molecule has 4 amide bonds. The van der Waals surface area contributed by atoms with Gasteiger partial charge in [-0.25, -0.2) is 4.79 Å². The van der Waals surface area contributed by atoms with Crippen LogP contribution in [0.5, 0.6) is 0 Å². The Morgan fingerprint density at radius 2 is 1.80 bits per heavy atom. The summed E-state index contributed by atoms with van der Waals surface area (Å²) < 4.78 is 0. The molecule has 4 rings (SSSR count). The van der Waals surface area contributed by atoms with Crippen molar-refractivity contribution in [1.29, 1.82) is 0 Å². The molecular formula is C22H25N5O3. The average molecular weight is 407 g/mol. The van der Waals surface area contributed by atoms with E-state index in [0.29, 0.717) is 44.8 Å². The van der Waals surface area contributed by atoms with Crippen LogP contribution in [0, 0.1) is 6.92 Å². The van der Waals surface area contributed by atoms with Gasteiger partial charge in [-0.05, 0) is 42.8 Å². The number of rotatable bonds is 4. The number of aromatic nitrogens is 1. The highest BCUT2D eigenvalue weighted by Crippen LogP contribution is 2.23. The molecule has 2 saturated heterocycles. The molecule has 1 aromatic heterocycles. The second kappa shape index (κ2) is 8.52. The number of benzene rings is 1. The molecule has 8 nitrogen and oxygen atoms in total. The monoisotopic (exact) mass is 407 g/mol. The van der Waals surface area contributed by atoms with E-state index in [2.05, 4.69) is 10.3 Å². The second-order valence-electron chi connectivity index (χ2n) is 7.56. The maximum Gasteiger partial charge on any atom is 0.322 e. The van der Waals surface area contributed by atoms with Crippen molar-refractivity contribution in [3.05, 3.63) is 59.4 Å². The predicted octanol–water partition coefficient (Wildman–Crippen LogP) is 1.45. The summed E-state index contributed by atoms with van der Waals surface area (Å²) in [6.07, 6.45) is 1.96. The van der Waals surface area contributed by atoms with Crippen LogP contribution in [-0.2, 0) is 11.2 Å². The molecule has 2 aromatic rings. The van der Waals surface area contributed by atoms with Gasteiger partial charge in [-0.15, -0.1) is 0 Å². The second-order valence-corrected chi connectivity index (χ2v) is 7.56. The quantitative estimate of drug-likeness (QED) is 0.831. The molecular weight excluding hydrogens is 382 g/mol. The lowest BCUT2D eigenvalue weighted by Gasteiger charge is -2.35. The fraction of sp³-hybridized carbons (Fsp3) is 0.364. The van der Waals surface area contributed by atoms with Gasteiger partial charge in [0.15, 0.2) is 0 Å². The van der Waals surface area contributed by atoms with E-state index in [1.165, 1.54) is 0 Å². The summed E-state index contributed by atoms with van der Waals surface area (Å²) in [6, 6.07) is 10.9. The number of piperazine rings is 1. The number of nitrogens with zero attached hydrogens (tertiary/aromatic N) is 4. The third-order valence-corrected chi connectivity index (χ3v) is 5.57. The molecule has 2 aliphatic heterocycles. The van der Waals surface area contributed by atoms with Gasteiger partial charge >= 0.3 is 6.03 Å². The first kappa shape index (κ1) is 19.9. The zero-order valence-corrected chi connectivity index (χ0v) is 17.0. The number of carbonyl (C=O) groups is 3. The zero-order valence-electron chi connectivity index (χ0n) is 17.0. The van der Waals surface area contributed by atoms with E-state index < -0.39 is 0 Å². The highest BCUT2D eigenvalue weighted by molar-refractivity contribution is 5.98. The molecule has 1 N–H and O–H groups in total. The molecule has 0 bridgehead atoms. The third-order valence-electron chi connectivity index (χ3n) is 5.57. The molecule has 30 heavy (non-hydrogen) atoms. The van der Waals surface area contributed by atoms with E-state index in [0.717, 1.165) is 16.9 Å². The Morgan fingerprint density at radius 1 is 1.03 bits per heavy atom. The Kier molecular flexibility index (Phi) is 5.65. The van der Waals surface area contributed by atoms with Crippen LogP contribution in [0.15, 0.2) is 42.6 Å². The molecule has 0 radical (unpaired) electrons. The SMILES string of the molecule is Cc1cc(C(=O)N2CCN(C(=O)Cc3ccccn3)CC2)ccc1N1CCNC1=O. The first-order valence-corrected chi connectivity index (χ1v) is 10.2. The van der Waals surface area contributed by atoms with Crippen molar-refractivity contribution in [3.8, 4) is 0 Å². The van der Waals surface area contributed by atoms with Crippen molar-refractivity contribution < 1.29 is 14.4 Å². The van der Waals surface area contributed by atoms with Crippen LogP contribution in [0.2, 0.25) is 0 Å². The van der Waals surface area contributed by atoms with E-state index in [1.807, 2.05) is 37.3 Å². The van der Waals surface area contributed by atoms with Crippen molar-refractivity contribution >= 4 is 23.5 Å². The Bertz CT molecular complexity index is 955. The third kappa shape index (κ3) is 4.12. The van der Waals surface area contributed by atoms with Crippen LogP contribution in [0.1, 0.15) is 21.6 Å². The van der Waals surface area contributed by atoms with Gasteiger partial charge < -0.3 is 15.1 Å². The van der Waals surface area contributed by atoms with Gasteiger partial charge in [-0.2, -0.15) is 0 Å². The minimum absolute atomic E-state index is 0.0323. The van der Waals surface area contributed by atoms with Crippen LogP contribution in [0.4, 0.5) is 10.5 Å². The Balaban J connectivity index is 1.35. The first-order chi connectivity index (χ1) is 14.5. The van der Waals surface area contributed by atoms with Gasteiger partial charge in [0.1, 0.15) is 0 Å². The number of anilines is 1. The summed E-state index contributed by atoms with van der Waals surface area (Å²) in [5, 5.41) is 2.79. The van der Waals surface area contributed by atoms with Crippen molar-refractivity contribution in [2.75, 3.05) is 44.2 Å². The topological polar surface area (TPSA) is 85.8 Å². The highest BCUT2D eigenvalue weighted by atomic mass is 16.2. The van der Waals surface area contributed by atoms with Gasteiger partial charge in [0.05, 0.1) is 6.42 Å². The van der Waals surface area contributed by atoms with Gasteiger partial charge in [0, 0.05) is 62.4 Å². The van der Waals surface area contributed by atoms with Gasteiger partial charge in [-0.3, -0.25) is 19.5 Å². The van der Waals surface area contributed by atoms with Gasteiger partial charge in [0.25, 0.3) is 5.91 Å². The highest BCUT2D eigenvalue weighted by Gasteiger charge is 2.27. The molecule has 2 fully saturated rings. The fourth-order valence-corrected chi connectivity index (χ4v) is 3.90. The fourth-order valence-electron chi connectivity index (χ4n) is 3.90. The number of hydrogen-bond donors (Lipinski definition) is 1. The summed E-state index contributed by atoms with van der Waals surface area (Å²) >= 11 is 0. The number of urea groups is 1. The van der Waals surface area contributed by atoms with Crippen LogP contribution in [0.25, 0.3) is 0 Å².